The lowest BCUT2D eigenvalue weighted by Gasteiger charge is -2.19. The van der Waals surface area contributed by atoms with Crippen LogP contribution in [-0.2, 0) is 9.53 Å². The van der Waals surface area contributed by atoms with Crippen molar-refractivity contribution in [3.05, 3.63) is 24.4 Å². The quantitative estimate of drug-likeness (QED) is 0.777. The van der Waals surface area contributed by atoms with E-state index in [0.717, 1.165) is 0 Å². The molecule has 0 saturated carbocycles. The third-order valence-electron chi connectivity index (χ3n) is 2.29. The molecule has 0 spiro atoms. The number of carbonyl (C=O) groups is 2. The van der Waals surface area contributed by atoms with Gasteiger partial charge in [0, 0.05) is 5.39 Å². The van der Waals surface area contributed by atoms with E-state index < -0.39 is 11.7 Å². The topological polar surface area (TPSA) is 70.4 Å². The van der Waals surface area contributed by atoms with E-state index in [0.29, 0.717) is 23.1 Å². The van der Waals surface area contributed by atoms with Crippen LogP contribution in [0.25, 0.3) is 10.9 Å². The van der Waals surface area contributed by atoms with Crippen LogP contribution in [-0.4, -0.2) is 27.9 Å². The first-order chi connectivity index (χ1) is 8.90. The zero-order chi connectivity index (χ0) is 14.0. The second kappa shape index (κ2) is 4.72. The second-order valence-electron chi connectivity index (χ2n) is 4.97. The Morgan fingerprint density at radius 3 is 2.74 bits per heavy atom. The van der Waals surface area contributed by atoms with Crippen molar-refractivity contribution in [3.63, 3.8) is 0 Å². The highest BCUT2D eigenvalue weighted by molar-refractivity contribution is 5.88. The summed E-state index contributed by atoms with van der Waals surface area (Å²) in [4.78, 5) is 22.2. The fourth-order valence-corrected chi connectivity index (χ4v) is 1.59. The Morgan fingerprint density at radius 2 is 2.11 bits per heavy atom. The summed E-state index contributed by atoms with van der Waals surface area (Å²) < 4.78 is 11.1. The van der Waals surface area contributed by atoms with Gasteiger partial charge in [-0.1, -0.05) is 0 Å². The van der Waals surface area contributed by atoms with E-state index in [1.165, 1.54) is 10.9 Å². The van der Waals surface area contributed by atoms with Crippen molar-refractivity contribution in [1.82, 2.24) is 9.78 Å². The van der Waals surface area contributed by atoms with E-state index in [9.17, 15) is 9.59 Å². The summed E-state index contributed by atoms with van der Waals surface area (Å²) in [6, 6.07) is 4.85. The van der Waals surface area contributed by atoms with Gasteiger partial charge in [-0.25, -0.2) is 4.79 Å². The molecule has 0 aliphatic heterocycles. The van der Waals surface area contributed by atoms with Crippen LogP contribution in [0.5, 0.6) is 5.75 Å². The van der Waals surface area contributed by atoms with Crippen LogP contribution < -0.4 is 4.74 Å². The Labute approximate surface area is 109 Å². The molecule has 6 heteroatoms. The lowest BCUT2D eigenvalue weighted by Crippen LogP contribution is -2.27. The van der Waals surface area contributed by atoms with Crippen LogP contribution >= 0.6 is 0 Å². The minimum atomic E-state index is -0.587. The molecule has 19 heavy (non-hydrogen) atoms. The van der Waals surface area contributed by atoms with Gasteiger partial charge in [-0.3, -0.25) is 4.79 Å². The molecular formula is C13H14N2O4. The monoisotopic (exact) mass is 262 g/mol. The van der Waals surface area contributed by atoms with Gasteiger partial charge in [0.25, 0.3) is 6.47 Å². The smallest absolute Gasteiger partial charge is 0.435 e. The van der Waals surface area contributed by atoms with E-state index in [1.807, 2.05) is 0 Å². The first-order valence-corrected chi connectivity index (χ1v) is 5.72. The summed E-state index contributed by atoms with van der Waals surface area (Å²) in [6.07, 6.45) is 0.961. The van der Waals surface area contributed by atoms with Crippen LogP contribution in [0.3, 0.4) is 0 Å². The highest BCUT2D eigenvalue weighted by atomic mass is 16.6. The molecule has 0 saturated heterocycles. The van der Waals surface area contributed by atoms with Crippen LogP contribution in [0.2, 0.25) is 0 Å². The minimum absolute atomic E-state index is 0.347. The molecule has 0 aliphatic rings. The Hall–Kier alpha value is -2.37. The lowest BCUT2D eigenvalue weighted by atomic mass is 10.2. The van der Waals surface area contributed by atoms with E-state index in [1.54, 1.807) is 39.0 Å². The molecule has 1 aromatic carbocycles. The third kappa shape index (κ3) is 2.90. The fourth-order valence-electron chi connectivity index (χ4n) is 1.59. The van der Waals surface area contributed by atoms with Gasteiger partial charge in [-0.05, 0) is 39.0 Å². The summed E-state index contributed by atoms with van der Waals surface area (Å²) in [5.74, 6) is 0.395. The van der Waals surface area contributed by atoms with Crippen molar-refractivity contribution >= 4 is 23.5 Å². The minimum Gasteiger partial charge on any atom is -0.442 e. The van der Waals surface area contributed by atoms with Crippen LogP contribution in [0.1, 0.15) is 20.8 Å². The van der Waals surface area contributed by atoms with Crippen LogP contribution in [0.15, 0.2) is 24.4 Å². The predicted molar refractivity (Wildman–Crippen MR) is 68.1 cm³/mol. The van der Waals surface area contributed by atoms with Gasteiger partial charge in [-0.15, -0.1) is 0 Å². The number of rotatable bonds is 2. The molecule has 0 atom stereocenters. The molecule has 0 radical (unpaired) electrons. The lowest BCUT2D eigenvalue weighted by molar-refractivity contribution is -0.120. The normalized spacial score (nSPS) is 11.3. The molecule has 1 heterocycles. The van der Waals surface area contributed by atoms with Crippen molar-refractivity contribution in [2.45, 2.75) is 26.4 Å². The van der Waals surface area contributed by atoms with Crippen LogP contribution in [0, 0.1) is 0 Å². The van der Waals surface area contributed by atoms with Crippen molar-refractivity contribution in [2.75, 3.05) is 0 Å². The molecule has 0 aliphatic carbocycles. The SMILES string of the molecule is CC(C)(C)OC(=O)n1ncc2cc(OC=O)ccc21. The highest BCUT2D eigenvalue weighted by Gasteiger charge is 2.20. The number of aromatic nitrogens is 2. The number of hydrogen-bond acceptors (Lipinski definition) is 5. The predicted octanol–water partition coefficient (Wildman–Crippen LogP) is 2.35. The van der Waals surface area contributed by atoms with Gasteiger partial charge in [0.15, 0.2) is 0 Å². The largest absolute Gasteiger partial charge is 0.442 e. The average Bonchev–Trinajstić information content (AvgIpc) is 2.70. The Kier molecular flexibility index (Phi) is 3.25. The number of nitrogens with zero attached hydrogens (tertiary/aromatic N) is 2. The first kappa shape index (κ1) is 13.1. The van der Waals surface area contributed by atoms with Gasteiger partial charge in [0.1, 0.15) is 11.4 Å². The average molecular weight is 262 g/mol. The third-order valence-corrected chi connectivity index (χ3v) is 2.29. The number of carbonyl (C=O) groups excluding carboxylic acids is 2. The molecule has 0 unspecified atom stereocenters. The standard InChI is InChI=1S/C13H14N2O4/c1-13(2,3)19-12(17)15-11-5-4-10(18-8-16)6-9(11)7-14-15/h4-8H,1-3H3. The summed E-state index contributed by atoms with van der Waals surface area (Å²) in [5.41, 5.74) is 0.00290. The zero-order valence-electron chi connectivity index (χ0n) is 10.9. The molecule has 0 amide bonds. The van der Waals surface area contributed by atoms with Crippen LogP contribution in [0.4, 0.5) is 4.79 Å². The maximum absolute atomic E-state index is 11.9. The fraction of sp³-hybridized carbons (Fsp3) is 0.308. The maximum atomic E-state index is 11.9. The van der Waals surface area contributed by atoms with Gasteiger partial charge >= 0.3 is 6.09 Å². The van der Waals surface area contributed by atoms with E-state index in [2.05, 4.69) is 5.10 Å². The molecule has 0 fully saturated rings. The Balaban J connectivity index is 2.35. The molecule has 100 valence electrons. The second-order valence-corrected chi connectivity index (χ2v) is 4.97. The van der Waals surface area contributed by atoms with Gasteiger partial charge < -0.3 is 9.47 Å². The molecule has 2 rings (SSSR count). The number of fused-ring (bicyclic) bond motifs is 1. The van der Waals surface area contributed by atoms with E-state index >= 15 is 0 Å². The van der Waals surface area contributed by atoms with Crippen molar-refractivity contribution in [3.8, 4) is 5.75 Å². The molecular weight excluding hydrogens is 248 g/mol. The maximum Gasteiger partial charge on any atom is 0.435 e. The number of ether oxygens (including phenoxy) is 2. The summed E-state index contributed by atoms with van der Waals surface area (Å²) in [6.45, 7) is 5.70. The molecule has 1 aromatic heterocycles. The number of hydrogen-bond donors (Lipinski definition) is 0. The van der Waals surface area contributed by atoms with Gasteiger partial charge in [0.05, 0.1) is 11.7 Å². The van der Waals surface area contributed by atoms with Gasteiger partial charge in [0.2, 0.25) is 0 Å². The first-order valence-electron chi connectivity index (χ1n) is 5.72. The zero-order valence-corrected chi connectivity index (χ0v) is 10.9. The summed E-state index contributed by atoms with van der Waals surface area (Å²) >= 11 is 0. The van der Waals surface area contributed by atoms with E-state index in [-0.39, 0.29) is 0 Å². The van der Waals surface area contributed by atoms with Gasteiger partial charge in [-0.2, -0.15) is 9.78 Å². The molecule has 6 nitrogen and oxygen atoms in total. The van der Waals surface area contributed by atoms with Crippen molar-refractivity contribution in [1.29, 1.82) is 0 Å². The Bertz CT molecular complexity index is 625. The van der Waals surface area contributed by atoms with Crippen molar-refractivity contribution in [2.24, 2.45) is 0 Å². The molecule has 0 N–H and O–H groups in total. The highest BCUT2D eigenvalue weighted by Crippen LogP contribution is 2.21. The molecule has 2 aromatic rings. The summed E-state index contributed by atoms with van der Waals surface area (Å²) in [5, 5.41) is 4.66. The molecule has 0 bridgehead atoms. The Morgan fingerprint density at radius 1 is 1.37 bits per heavy atom. The van der Waals surface area contributed by atoms with E-state index in [4.69, 9.17) is 9.47 Å². The number of benzene rings is 1. The van der Waals surface area contributed by atoms with Crippen molar-refractivity contribution < 1.29 is 19.1 Å². The summed E-state index contributed by atoms with van der Waals surface area (Å²) in [7, 11) is 0.